The van der Waals surface area contributed by atoms with Crippen molar-refractivity contribution in [3.05, 3.63) is 65.5 Å². The van der Waals surface area contributed by atoms with Gasteiger partial charge in [-0.1, -0.05) is 47.6 Å². The lowest BCUT2D eigenvalue weighted by Gasteiger charge is -2.11. The van der Waals surface area contributed by atoms with Gasteiger partial charge in [0.2, 0.25) is 0 Å². The number of pyridine rings is 1. The summed E-state index contributed by atoms with van der Waals surface area (Å²) in [5.74, 6) is 0. The third kappa shape index (κ3) is 2.77. The molecule has 100 valence electrons. The Labute approximate surface area is 118 Å². The molecule has 0 N–H and O–H groups in total. The Morgan fingerprint density at radius 2 is 2.05 bits per heavy atom. The topological polar surface area (TPSA) is 34.5 Å². The largest absolute Gasteiger partial charge is 0.387 e. The van der Waals surface area contributed by atoms with Crippen molar-refractivity contribution >= 4 is 17.9 Å². The average molecular weight is 264 g/mol. The highest BCUT2D eigenvalue weighted by Gasteiger charge is 2.21. The van der Waals surface area contributed by atoms with E-state index in [9.17, 15) is 0 Å². The summed E-state index contributed by atoms with van der Waals surface area (Å²) >= 11 is 0. The normalized spacial score (nSPS) is 18.1. The van der Waals surface area contributed by atoms with Gasteiger partial charge in [-0.15, -0.1) is 0 Å². The van der Waals surface area contributed by atoms with Gasteiger partial charge in [0, 0.05) is 24.4 Å². The van der Waals surface area contributed by atoms with Crippen LogP contribution < -0.4 is 0 Å². The highest BCUT2D eigenvalue weighted by Crippen LogP contribution is 2.30. The van der Waals surface area contributed by atoms with Crippen molar-refractivity contribution in [2.45, 2.75) is 19.4 Å². The SMILES string of the molecule is CC1=NO[C@@H](c2ccccc2/C=C/c2cccnc2)C1. The van der Waals surface area contributed by atoms with Gasteiger partial charge < -0.3 is 4.84 Å². The van der Waals surface area contributed by atoms with E-state index in [0.29, 0.717) is 0 Å². The predicted molar refractivity (Wildman–Crippen MR) is 81.2 cm³/mol. The number of aromatic nitrogens is 1. The molecule has 3 nitrogen and oxygen atoms in total. The van der Waals surface area contributed by atoms with E-state index in [1.807, 2.05) is 37.4 Å². The first-order chi connectivity index (χ1) is 9.83. The molecular formula is C17H16N2O. The van der Waals surface area contributed by atoms with Crippen LogP contribution in [0.5, 0.6) is 0 Å². The standard InChI is InChI=1S/C17H16N2O/c1-13-11-17(20-19-13)16-7-3-2-6-15(16)9-8-14-5-4-10-18-12-14/h2-10,12,17H,11H2,1H3/b9-8+/t17-/m1/s1. The lowest BCUT2D eigenvalue weighted by molar-refractivity contribution is 0.0856. The van der Waals surface area contributed by atoms with Crippen LogP contribution in [-0.4, -0.2) is 10.7 Å². The number of benzene rings is 1. The van der Waals surface area contributed by atoms with Gasteiger partial charge in [0.05, 0.1) is 5.71 Å². The Morgan fingerprint density at radius 3 is 2.80 bits per heavy atom. The minimum atomic E-state index is 0.0322. The number of rotatable bonds is 3. The predicted octanol–water partition coefficient (Wildman–Crippen LogP) is 4.09. The molecule has 0 aliphatic carbocycles. The van der Waals surface area contributed by atoms with Crippen LogP contribution in [0, 0.1) is 0 Å². The van der Waals surface area contributed by atoms with Gasteiger partial charge in [0.25, 0.3) is 0 Å². The Kier molecular flexibility index (Phi) is 3.59. The fourth-order valence-electron chi connectivity index (χ4n) is 2.28. The quantitative estimate of drug-likeness (QED) is 0.836. The van der Waals surface area contributed by atoms with E-state index in [0.717, 1.165) is 23.3 Å². The van der Waals surface area contributed by atoms with Crippen LogP contribution in [0.15, 0.2) is 53.9 Å². The minimum absolute atomic E-state index is 0.0322. The van der Waals surface area contributed by atoms with Crippen molar-refractivity contribution in [1.82, 2.24) is 4.98 Å². The third-order valence-electron chi connectivity index (χ3n) is 3.30. The maximum absolute atomic E-state index is 5.49. The molecule has 1 aliphatic heterocycles. The second-order valence-corrected chi connectivity index (χ2v) is 4.87. The van der Waals surface area contributed by atoms with Crippen molar-refractivity contribution in [2.24, 2.45) is 5.16 Å². The number of hydrogen-bond donors (Lipinski definition) is 0. The first-order valence-electron chi connectivity index (χ1n) is 6.69. The first kappa shape index (κ1) is 12.6. The Hall–Kier alpha value is -2.42. The fraction of sp³-hybridized carbons (Fsp3) is 0.176. The van der Waals surface area contributed by atoms with E-state index in [1.165, 1.54) is 5.56 Å². The van der Waals surface area contributed by atoms with Gasteiger partial charge in [0.1, 0.15) is 0 Å². The Morgan fingerprint density at radius 1 is 1.15 bits per heavy atom. The van der Waals surface area contributed by atoms with Crippen LogP contribution in [-0.2, 0) is 4.84 Å². The van der Waals surface area contributed by atoms with Crippen molar-refractivity contribution in [3.63, 3.8) is 0 Å². The second kappa shape index (κ2) is 5.70. The number of oxime groups is 1. The van der Waals surface area contributed by atoms with E-state index in [4.69, 9.17) is 4.84 Å². The van der Waals surface area contributed by atoms with E-state index >= 15 is 0 Å². The highest BCUT2D eigenvalue weighted by atomic mass is 16.6. The zero-order valence-corrected chi connectivity index (χ0v) is 11.4. The van der Waals surface area contributed by atoms with E-state index in [1.54, 1.807) is 6.20 Å². The smallest absolute Gasteiger partial charge is 0.158 e. The lowest BCUT2D eigenvalue weighted by Crippen LogP contribution is -2.00. The van der Waals surface area contributed by atoms with Gasteiger partial charge in [0.15, 0.2) is 6.10 Å². The van der Waals surface area contributed by atoms with Gasteiger partial charge >= 0.3 is 0 Å². The van der Waals surface area contributed by atoms with Crippen LogP contribution in [0.4, 0.5) is 0 Å². The molecule has 2 aromatic rings. The first-order valence-corrected chi connectivity index (χ1v) is 6.69. The van der Waals surface area contributed by atoms with E-state index in [2.05, 4.69) is 34.4 Å². The molecule has 0 spiro atoms. The monoisotopic (exact) mass is 264 g/mol. The lowest BCUT2D eigenvalue weighted by atomic mass is 9.98. The van der Waals surface area contributed by atoms with E-state index < -0.39 is 0 Å². The third-order valence-corrected chi connectivity index (χ3v) is 3.30. The fourth-order valence-corrected chi connectivity index (χ4v) is 2.28. The van der Waals surface area contributed by atoms with Crippen LogP contribution >= 0.6 is 0 Å². The second-order valence-electron chi connectivity index (χ2n) is 4.87. The summed E-state index contributed by atoms with van der Waals surface area (Å²) in [6, 6.07) is 12.2. The molecule has 20 heavy (non-hydrogen) atoms. The molecule has 0 saturated carbocycles. The molecule has 3 heteroatoms. The van der Waals surface area contributed by atoms with Crippen LogP contribution in [0.2, 0.25) is 0 Å². The molecule has 1 aromatic carbocycles. The van der Waals surface area contributed by atoms with Crippen molar-refractivity contribution < 1.29 is 4.84 Å². The van der Waals surface area contributed by atoms with E-state index in [-0.39, 0.29) is 6.10 Å². The number of nitrogens with zero attached hydrogens (tertiary/aromatic N) is 2. The molecule has 0 bridgehead atoms. The molecule has 1 aromatic heterocycles. The summed E-state index contributed by atoms with van der Waals surface area (Å²) in [4.78, 5) is 9.60. The zero-order valence-electron chi connectivity index (χ0n) is 11.4. The maximum Gasteiger partial charge on any atom is 0.158 e. The number of hydrogen-bond acceptors (Lipinski definition) is 3. The van der Waals surface area contributed by atoms with Crippen molar-refractivity contribution in [1.29, 1.82) is 0 Å². The van der Waals surface area contributed by atoms with Gasteiger partial charge in [-0.2, -0.15) is 0 Å². The van der Waals surface area contributed by atoms with Crippen molar-refractivity contribution in [2.75, 3.05) is 0 Å². The van der Waals surface area contributed by atoms with Crippen LogP contribution in [0.1, 0.15) is 36.1 Å². The molecule has 1 aliphatic rings. The molecule has 3 rings (SSSR count). The summed E-state index contributed by atoms with van der Waals surface area (Å²) in [5, 5.41) is 4.04. The molecular weight excluding hydrogens is 248 g/mol. The van der Waals surface area contributed by atoms with Gasteiger partial charge in [-0.3, -0.25) is 4.98 Å². The molecule has 0 saturated heterocycles. The summed E-state index contributed by atoms with van der Waals surface area (Å²) in [6.07, 6.45) is 8.68. The molecule has 0 unspecified atom stereocenters. The average Bonchev–Trinajstić information content (AvgIpc) is 2.93. The minimum Gasteiger partial charge on any atom is -0.387 e. The van der Waals surface area contributed by atoms with Gasteiger partial charge in [-0.05, 0) is 24.1 Å². The maximum atomic E-state index is 5.49. The summed E-state index contributed by atoms with van der Waals surface area (Å²) in [5.41, 5.74) is 4.46. The summed E-state index contributed by atoms with van der Waals surface area (Å²) in [6.45, 7) is 1.99. The summed E-state index contributed by atoms with van der Waals surface area (Å²) < 4.78 is 0. The van der Waals surface area contributed by atoms with Crippen LogP contribution in [0.25, 0.3) is 12.2 Å². The molecule has 0 amide bonds. The molecule has 1 atom stereocenters. The van der Waals surface area contributed by atoms with Crippen molar-refractivity contribution in [3.8, 4) is 0 Å². The summed E-state index contributed by atoms with van der Waals surface area (Å²) in [7, 11) is 0. The Bertz CT molecular complexity index is 647. The molecule has 0 radical (unpaired) electrons. The molecule has 2 heterocycles. The zero-order chi connectivity index (χ0) is 13.8. The highest BCUT2D eigenvalue weighted by molar-refractivity contribution is 5.83. The molecule has 0 fully saturated rings. The van der Waals surface area contributed by atoms with Crippen LogP contribution in [0.3, 0.4) is 0 Å². The Balaban J connectivity index is 1.85. The van der Waals surface area contributed by atoms with Gasteiger partial charge in [-0.25, -0.2) is 0 Å².